The third-order valence-electron chi connectivity index (χ3n) is 7.64. The van der Waals surface area contributed by atoms with Crippen molar-refractivity contribution in [2.45, 2.75) is 66.0 Å². The normalized spacial score (nSPS) is 14.9. The first-order valence-electron chi connectivity index (χ1n) is 12.7. The van der Waals surface area contributed by atoms with Gasteiger partial charge in [0.25, 0.3) is 0 Å². The first-order chi connectivity index (χ1) is 16.6. The van der Waals surface area contributed by atoms with E-state index in [0.29, 0.717) is 50.5 Å². The largest absolute Gasteiger partial charge is 0.378 e. The lowest BCUT2D eigenvalue weighted by atomic mass is 9.69. The summed E-state index contributed by atoms with van der Waals surface area (Å²) in [6.07, 6.45) is 4.43. The number of rotatable bonds is 13. The third-order valence-corrected chi connectivity index (χ3v) is 7.64. The Morgan fingerprint density at radius 1 is 1.20 bits per heavy atom. The van der Waals surface area contributed by atoms with Crippen LogP contribution in [0, 0.1) is 17.8 Å². The van der Waals surface area contributed by atoms with E-state index >= 15 is 0 Å². The Morgan fingerprint density at radius 2 is 1.94 bits per heavy atom. The summed E-state index contributed by atoms with van der Waals surface area (Å²) in [5.74, 6) is 1.52. The topological polar surface area (TPSA) is 111 Å². The van der Waals surface area contributed by atoms with Crippen LogP contribution in [0.4, 0.5) is 0 Å². The molecule has 2 heterocycles. The average Bonchev–Trinajstić information content (AvgIpc) is 3.48. The molecule has 0 aliphatic carbocycles. The molecule has 0 fully saturated rings. The summed E-state index contributed by atoms with van der Waals surface area (Å²) in [7, 11) is 0. The summed E-state index contributed by atoms with van der Waals surface area (Å²) in [5.41, 5.74) is 9.17. The van der Waals surface area contributed by atoms with Gasteiger partial charge in [-0.15, -0.1) is 5.10 Å². The molecule has 2 aromatic heterocycles. The predicted molar refractivity (Wildman–Crippen MR) is 140 cm³/mol. The van der Waals surface area contributed by atoms with Gasteiger partial charge in [0.15, 0.2) is 0 Å². The number of hydrogen-bond donors (Lipinski definition) is 3. The van der Waals surface area contributed by atoms with Crippen LogP contribution in [-0.4, -0.2) is 51.7 Å². The number of H-pyrrole nitrogens is 1. The van der Waals surface area contributed by atoms with Gasteiger partial charge in [-0.2, -0.15) is 0 Å². The Balaban J connectivity index is 1.36. The van der Waals surface area contributed by atoms with Crippen molar-refractivity contribution in [3.05, 3.63) is 47.9 Å². The molecule has 3 atom stereocenters. The Kier molecular flexibility index (Phi) is 9.08. The summed E-state index contributed by atoms with van der Waals surface area (Å²) in [6, 6.07) is 7.40. The SMILES string of the molecule is CC(C)C(C)C(C)C(C)(C)c1cn(CCOCCNC(=O)[C@@H](N)Cc2c[nH]c3ccccc23)nn1. The van der Waals surface area contributed by atoms with Crippen LogP contribution >= 0.6 is 0 Å². The monoisotopic (exact) mass is 482 g/mol. The number of aromatic amines is 1. The molecule has 0 aliphatic heterocycles. The number of carbonyl (C=O) groups excluding carboxylic acids is 1. The van der Waals surface area contributed by atoms with Gasteiger partial charge in [0.2, 0.25) is 5.91 Å². The van der Waals surface area contributed by atoms with Gasteiger partial charge in [0.1, 0.15) is 0 Å². The maximum absolute atomic E-state index is 12.4. The van der Waals surface area contributed by atoms with Gasteiger partial charge >= 0.3 is 0 Å². The van der Waals surface area contributed by atoms with Crippen molar-refractivity contribution < 1.29 is 9.53 Å². The highest BCUT2D eigenvalue weighted by Crippen LogP contribution is 2.37. The molecular weight excluding hydrogens is 440 g/mol. The highest BCUT2D eigenvalue weighted by atomic mass is 16.5. The van der Waals surface area contributed by atoms with Gasteiger partial charge in [0, 0.05) is 35.3 Å². The molecule has 1 aromatic carbocycles. The lowest BCUT2D eigenvalue weighted by Crippen LogP contribution is -2.43. The highest BCUT2D eigenvalue weighted by molar-refractivity contribution is 5.86. The average molecular weight is 483 g/mol. The van der Waals surface area contributed by atoms with E-state index in [2.05, 4.69) is 62.2 Å². The van der Waals surface area contributed by atoms with Crippen LogP contribution in [-0.2, 0) is 27.9 Å². The van der Waals surface area contributed by atoms with Crippen molar-refractivity contribution >= 4 is 16.8 Å². The Bertz CT molecular complexity index is 1090. The van der Waals surface area contributed by atoms with Crippen molar-refractivity contribution in [3.8, 4) is 0 Å². The molecule has 0 bridgehead atoms. The number of nitrogens with one attached hydrogen (secondary N) is 2. The molecule has 35 heavy (non-hydrogen) atoms. The zero-order valence-corrected chi connectivity index (χ0v) is 22.0. The molecule has 2 unspecified atom stereocenters. The van der Waals surface area contributed by atoms with Crippen LogP contribution in [0.2, 0.25) is 0 Å². The number of amides is 1. The Labute approximate surface area is 209 Å². The number of carbonyl (C=O) groups is 1. The maximum atomic E-state index is 12.4. The van der Waals surface area contributed by atoms with Gasteiger partial charge < -0.3 is 20.8 Å². The number of aromatic nitrogens is 4. The summed E-state index contributed by atoms with van der Waals surface area (Å²) in [6.45, 7) is 15.6. The second kappa shape index (κ2) is 11.8. The summed E-state index contributed by atoms with van der Waals surface area (Å²) >= 11 is 0. The van der Waals surface area contributed by atoms with Crippen molar-refractivity contribution in [3.63, 3.8) is 0 Å². The molecule has 0 radical (unpaired) electrons. The fraction of sp³-hybridized carbons (Fsp3) is 0.593. The van der Waals surface area contributed by atoms with Crippen molar-refractivity contribution in [2.24, 2.45) is 23.5 Å². The van der Waals surface area contributed by atoms with Crippen molar-refractivity contribution in [1.29, 1.82) is 0 Å². The molecule has 0 spiro atoms. The number of ether oxygens (including phenoxy) is 1. The first-order valence-corrected chi connectivity index (χ1v) is 12.7. The minimum Gasteiger partial charge on any atom is -0.378 e. The van der Waals surface area contributed by atoms with Gasteiger partial charge in [0.05, 0.1) is 31.5 Å². The van der Waals surface area contributed by atoms with E-state index in [-0.39, 0.29) is 11.3 Å². The van der Waals surface area contributed by atoms with E-state index in [1.807, 2.05) is 41.3 Å². The number of nitrogens with two attached hydrogens (primary N) is 1. The van der Waals surface area contributed by atoms with Crippen LogP contribution in [0.25, 0.3) is 10.9 Å². The number of para-hydroxylation sites is 1. The van der Waals surface area contributed by atoms with Crippen LogP contribution in [0.3, 0.4) is 0 Å². The number of hydrogen-bond acceptors (Lipinski definition) is 5. The van der Waals surface area contributed by atoms with Gasteiger partial charge in [-0.05, 0) is 35.8 Å². The van der Waals surface area contributed by atoms with Gasteiger partial charge in [-0.1, -0.05) is 65.0 Å². The summed E-state index contributed by atoms with van der Waals surface area (Å²) in [5, 5.41) is 12.7. The molecule has 3 aromatic rings. The van der Waals surface area contributed by atoms with Crippen molar-refractivity contribution in [1.82, 2.24) is 25.3 Å². The molecule has 8 nitrogen and oxygen atoms in total. The molecule has 1 amide bonds. The zero-order valence-electron chi connectivity index (χ0n) is 22.0. The standard InChI is InChI=1S/C27H42N6O2/c1-18(2)19(3)20(4)27(5,6)25-17-33(32-31-25)12-14-35-13-11-29-26(34)23(28)15-21-16-30-24-10-8-7-9-22(21)24/h7-10,16-20,23,30H,11-15,28H2,1-6H3,(H,29,34)/t19?,20?,23-/m0/s1. The predicted octanol–water partition coefficient (Wildman–Crippen LogP) is 3.67. The number of nitrogens with zero attached hydrogens (tertiary/aromatic N) is 3. The van der Waals surface area contributed by atoms with E-state index in [9.17, 15) is 4.79 Å². The van der Waals surface area contributed by atoms with Crippen LogP contribution in [0.5, 0.6) is 0 Å². The molecule has 0 saturated heterocycles. The van der Waals surface area contributed by atoms with E-state index in [1.54, 1.807) is 0 Å². The minimum atomic E-state index is -0.605. The molecule has 0 aliphatic rings. The minimum absolute atomic E-state index is 0.0570. The molecule has 8 heteroatoms. The second-order valence-corrected chi connectivity index (χ2v) is 10.6. The van der Waals surface area contributed by atoms with Crippen molar-refractivity contribution in [2.75, 3.05) is 19.8 Å². The molecule has 192 valence electrons. The van der Waals surface area contributed by atoms with E-state index < -0.39 is 6.04 Å². The lowest BCUT2D eigenvalue weighted by Gasteiger charge is -2.36. The lowest BCUT2D eigenvalue weighted by molar-refractivity contribution is -0.122. The first kappa shape index (κ1) is 26.9. The fourth-order valence-electron chi connectivity index (χ4n) is 4.44. The van der Waals surface area contributed by atoms with Crippen LogP contribution in [0.1, 0.15) is 52.8 Å². The summed E-state index contributed by atoms with van der Waals surface area (Å²) in [4.78, 5) is 15.6. The van der Waals surface area contributed by atoms with Crippen LogP contribution < -0.4 is 11.1 Å². The smallest absolute Gasteiger partial charge is 0.237 e. The Morgan fingerprint density at radius 3 is 2.69 bits per heavy atom. The molecular formula is C27H42N6O2. The Hall–Kier alpha value is -2.71. The molecule has 0 saturated carbocycles. The molecule has 3 rings (SSSR count). The fourth-order valence-corrected chi connectivity index (χ4v) is 4.44. The number of benzene rings is 1. The van der Waals surface area contributed by atoms with E-state index in [1.165, 1.54) is 0 Å². The van der Waals surface area contributed by atoms with E-state index in [0.717, 1.165) is 22.2 Å². The third kappa shape index (κ3) is 6.70. The van der Waals surface area contributed by atoms with Gasteiger partial charge in [-0.25, -0.2) is 4.68 Å². The zero-order chi connectivity index (χ0) is 25.6. The van der Waals surface area contributed by atoms with Gasteiger partial charge in [-0.3, -0.25) is 4.79 Å². The number of fused-ring (bicyclic) bond motifs is 1. The second-order valence-electron chi connectivity index (χ2n) is 10.6. The van der Waals surface area contributed by atoms with Crippen LogP contribution in [0.15, 0.2) is 36.7 Å². The van der Waals surface area contributed by atoms with E-state index in [4.69, 9.17) is 10.5 Å². The maximum Gasteiger partial charge on any atom is 0.237 e. The highest BCUT2D eigenvalue weighted by Gasteiger charge is 2.35. The summed E-state index contributed by atoms with van der Waals surface area (Å²) < 4.78 is 7.53. The quantitative estimate of drug-likeness (QED) is 0.322. The molecule has 4 N–H and O–H groups in total.